The molecule has 0 aliphatic rings. The number of hydrogen-bond acceptors (Lipinski definition) is 4. The van der Waals surface area contributed by atoms with Gasteiger partial charge < -0.3 is 5.11 Å². The van der Waals surface area contributed by atoms with Gasteiger partial charge in [0.2, 0.25) is 0 Å². The van der Waals surface area contributed by atoms with Crippen molar-refractivity contribution in [1.82, 2.24) is 0 Å². The van der Waals surface area contributed by atoms with Crippen LogP contribution in [0.3, 0.4) is 0 Å². The Morgan fingerprint density at radius 2 is 2.07 bits per heavy atom. The van der Waals surface area contributed by atoms with E-state index in [2.05, 4.69) is 13.8 Å². The van der Waals surface area contributed by atoms with Gasteiger partial charge in [-0.15, -0.1) is 9.05 Å². The first-order valence-corrected chi connectivity index (χ1v) is 6.68. The monoisotopic (exact) mass is 237 g/mol. The van der Waals surface area contributed by atoms with Crippen molar-refractivity contribution < 1.29 is 18.7 Å². The van der Waals surface area contributed by atoms with Crippen molar-refractivity contribution in [3.05, 3.63) is 0 Å². The molecule has 0 aromatic heterocycles. The summed E-state index contributed by atoms with van der Waals surface area (Å²) in [4.78, 5) is 0. The van der Waals surface area contributed by atoms with Gasteiger partial charge in [0.1, 0.15) is 13.2 Å². The molecule has 4 nitrogen and oxygen atoms in total. The smallest absolute Gasteiger partial charge is 0.394 e. The summed E-state index contributed by atoms with van der Waals surface area (Å²) in [6.07, 6.45) is 4.49. The van der Waals surface area contributed by atoms with Crippen LogP contribution in [0.5, 0.6) is 0 Å². The molecule has 0 aliphatic carbocycles. The fourth-order valence-electron chi connectivity index (χ4n) is 1.22. The van der Waals surface area contributed by atoms with Crippen LogP contribution in [0.25, 0.3) is 0 Å². The molecule has 0 aromatic rings. The lowest BCUT2D eigenvalue weighted by molar-refractivity contribution is 0.159. The number of hydrogen-bond donors (Lipinski definition) is 1. The molecule has 15 heavy (non-hydrogen) atoms. The largest absolute Gasteiger partial charge is 0.697 e. The molecule has 0 aromatic carbocycles. The van der Waals surface area contributed by atoms with Crippen LogP contribution in [-0.4, -0.2) is 24.9 Å². The highest BCUT2D eigenvalue weighted by molar-refractivity contribution is 7.33. The molecule has 0 fully saturated rings. The summed E-state index contributed by atoms with van der Waals surface area (Å²) in [6.45, 7) is 4.68. The third kappa shape index (κ3) is 8.94. The third-order valence-corrected chi connectivity index (χ3v) is 3.00. The fraction of sp³-hybridized carbons (Fsp3) is 1.00. The topological polar surface area (TPSA) is 55.8 Å². The highest BCUT2D eigenvalue weighted by Crippen LogP contribution is 2.26. The number of aliphatic hydroxyl groups excluding tert-OH is 1. The Bertz CT molecular complexity index is 164. The molecule has 0 rings (SSSR count). The van der Waals surface area contributed by atoms with Crippen molar-refractivity contribution in [2.45, 2.75) is 39.5 Å². The summed E-state index contributed by atoms with van der Waals surface area (Å²) in [6, 6.07) is 0. The molecule has 5 heteroatoms. The maximum atomic E-state index is 11.1. The normalized spacial score (nSPS) is 13.9. The van der Waals surface area contributed by atoms with Gasteiger partial charge in [0.25, 0.3) is 0 Å². The van der Waals surface area contributed by atoms with Crippen molar-refractivity contribution in [3.63, 3.8) is 0 Å². The van der Waals surface area contributed by atoms with Crippen LogP contribution in [0.2, 0.25) is 0 Å². The highest BCUT2D eigenvalue weighted by atomic mass is 31.1. The first kappa shape index (κ1) is 15.0. The number of aliphatic hydroxyl groups is 1. The molecule has 0 aliphatic heterocycles. The van der Waals surface area contributed by atoms with E-state index in [-0.39, 0.29) is 13.2 Å². The molecular weight excluding hydrogens is 215 g/mol. The van der Waals surface area contributed by atoms with E-state index in [9.17, 15) is 4.57 Å². The Labute approximate surface area is 92.9 Å². The quantitative estimate of drug-likeness (QED) is 0.593. The molecule has 0 amide bonds. The first-order chi connectivity index (χ1) is 7.24. The van der Waals surface area contributed by atoms with Gasteiger partial charge in [0.05, 0.1) is 6.61 Å². The predicted octanol–water partition coefficient (Wildman–Crippen LogP) is 2.89. The second-order valence-electron chi connectivity index (χ2n) is 3.49. The van der Waals surface area contributed by atoms with Crippen molar-refractivity contribution in [1.29, 1.82) is 0 Å². The molecule has 0 radical (unpaired) electrons. The standard InChI is InChI=1S/C10H22O4P/c1-3-5-6-10(4-2)9-14-15(12)13-8-7-11/h10-11H,3-9H2,1-2H3/q+1. The Morgan fingerprint density at radius 1 is 1.33 bits per heavy atom. The molecule has 0 spiro atoms. The van der Waals surface area contributed by atoms with Crippen molar-refractivity contribution in [2.24, 2.45) is 5.92 Å². The fourth-order valence-corrected chi connectivity index (χ4v) is 1.85. The van der Waals surface area contributed by atoms with Gasteiger partial charge >= 0.3 is 8.25 Å². The van der Waals surface area contributed by atoms with E-state index in [1.807, 2.05) is 0 Å². The second kappa shape index (κ2) is 10.5. The summed E-state index contributed by atoms with van der Waals surface area (Å²) in [5, 5.41) is 8.45. The van der Waals surface area contributed by atoms with E-state index in [1.165, 1.54) is 12.8 Å². The molecule has 2 atom stereocenters. The molecule has 0 saturated heterocycles. The minimum atomic E-state index is -2.05. The van der Waals surface area contributed by atoms with Gasteiger partial charge in [-0.25, -0.2) is 0 Å². The van der Waals surface area contributed by atoms with Crippen LogP contribution in [0, 0.1) is 5.92 Å². The maximum Gasteiger partial charge on any atom is 0.697 e. The molecule has 0 heterocycles. The number of rotatable bonds is 10. The molecule has 0 saturated carbocycles. The Balaban J connectivity index is 3.55. The van der Waals surface area contributed by atoms with Crippen LogP contribution in [0.4, 0.5) is 0 Å². The zero-order valence-corrected chi connectivity index (χ0v) is 10.5. The zero-order valence-electron chi connectivity index (χ0n) is 9.65. The van der Waals surface area contributed by atoms with Crippen LogP contribution < -0.4 is 0 Å². The van der Waals surface area contributed by atoms with Crippen molar-refractivity contribution >= 4 is 8.25 Å². The van der Waals surface area contributed by atoms with Gasteiger partial charge in [-0.1, -0.05) is 33.1 Å². The summed E-state index contributed by atoms with van der Waals surface area (Å²) < 4.78 is 20.9. The van der Waals surface area contributed by atoms with E-state index in [1.54, 1.807) is 0 Å². The van der Waals surface area contributed by atoms with Crippen LogP contribution >= 0.6 is 8.25 Å². The van der Waals surface area contributed by atoms with Gasteiger partial charge in [0, 0.05) is 4.57 Å². The van der Waals surface area contributed by atoms with E-state index >= 15 is 0 Å². The second-order valence-corrected chi connectivity index (χ2v) is 4.46. The van der Waals surface area contributed by atoms with Gasteiger partial charge in [-0.05, 0) is 12.3 Å². The lowest BCUT2D eigenvalue weighted by Gasteiger charge is -2.09. The summed E-state index contributed by atoms with van der Waals surface area (Å²) in [5.74, 6) is 0.460. The van der Waals surface area contributed by atoms with E-state index in [0.29, 0.717) is 12.5 Å². The Hall–Kier alpha value is -0.0200. The Kier molecular flexibility index (Phi) is 10.5. The lowest BCUT2D eigenvalue weighted by atomic mass is 10.0. The van der Waals surface area contributed by atoms with Gasteiger partial charge in [-0.3, -0.25) is 0 Å². The number of unbranched alkanes of at least 4 members (excludes halogenated alkanes) is 1. The van der Waals surface area contributed by atoms with Crippen molar-refractivity contribution in [2.75, 3.05) is 19.8 Å². The lowest BCUT2D eigenvalue weighted by Crippen LogP contribution is -2.06. The highest BCUT2D eigenvalue weighted by Gasteiger charge is 2.21. The first-order valence-electron chi connectivity index (χ1n) is 5.58. The van der Waals surface area contributed by atoms with Crippen LogP contribution in [0.15, 0.2) is 0 Å². The predicted molar refractivity (Wildman–Crippen MR) is 59.9 cm³/mol. The van der Waals surface area contributed by atoms with Gasteiger partial charge in [0.15, 0.2) is 0 Å². The Morgan fingerprint density at radius 3 is 2.60 bits per heavy atom. The third-order valence-electron chi connectivity index (χ3n) is 2.25. The van der Waals surface area contributed by atoms with E-state index in [0.717, 1.165) is 12.8 Å². The minimum Gasteiger partial charge on any atom is -0.394 e. The SMILES string of the molecule is CCCCC(CC)CO[P+](=O)OCCO. The average Bonchev–Trinajstić information content (AvgIpc) is 2.26. The molecule has 90 valence electrons. The maximum absolute atomic E-state index is 11.1. The summed E-state index contributed by atoms with van der Waals surface area (Å²) in [5.41, 5.74) is 0. The van der Waals surface area contributed by atoms with Gasteiger partial charge in [-0.2, -0.15) is 0 Å². The van der Waals surface area contributed by atoms with Crippen LogP contribution in [-0.2, 0) is 13.6 Å². The van der Waals surface area contributed by atoms with E-state index in [4.69, 9.17) is 14.2 Å². The average molecular weight is 237 g/mol. The summed E-state index contributed by atoms with van der Waals surface area (Å²) >= 11 is 0. The van der Waals surface area contributed by atoms with Crippen molar-refractivity contribution in [3.8, 4) is 0 Å². The zero-order chi connectivity index (χ0) is 11.5. The summed E-state index contributed by atoms with van der Waals surface area (Å²) in [7, 11) is -2.05. The van der Waals surface area contributed by atoms with E-state index < -0.39 is 8.25 Å². The molecule has 1 N–H and O–H groups in total. The molecule has 0 bridgehead atoms. The molecular formula is C10H22O4P+. The van der Waals surface area contributed by atoms with Crippen LogP contribution in [0.1, 0.15) is 39.5 Å². The minimum absolute atomic E-state index is 0.0704. The molecule has 2 unspecified atom stereocenters.